The van der Waals surface area contributed by atoms with E-state index in [1.165, 1.54) is 0 Å². The molecule has 5 nitrogen and oxygen atoms in total. The van der Waals surface area contributed by atoms with Gasteiger partial charge in [0.25, 0.3) is 5.91 Å². The molecule has 1 fully saturated rings. The van der Waals surface area contributed by atoms with Crippen molar-refractivity contribution in [1.29, 1.82) is 5.26 Å². The van der Waals surface area contributed by atoms with Gasteiger partial charge in [-0.05, 0) is 44.5 Å². The second-order valence-electron chi connectivity index (χ2n) is 7.23. The average molecular weight is 313 g/mol. The van der Waals surface area contributed by atoms with E-state index in [0.717, 1.165) is 37.5 Å². The van der Waals surface area contributed by atoms with E-state index in [4.69, 9.17) is 10.00 Å². The normalized spacial score (nSPS) is 21.5. The van der Waals surface area contributed by atoms with Crippen molar-refractivity contribution < 1.29 is 9.53 Å². The molecular weight excluding hydrogens is 290 g/mol. The van der Waals surface area contributed by atoms with E-state index in [2.05, 4.69) is 31.7 Å². The summed E-state index contributed by atoms with van der Waals surface area (Å²) in [4.78, 5) is 17.0. The van der Waals surface area contributed by atoms with Gasteiger partial charge in [0.2, 0.25) is 0 Å². The third-order valence-electron chi connectivity index (χ3n) is 4.68. The van der Waals surface area contributed by atoms with Crippen molar-refractivity contribution in [2.75, 3.05) is 26.2 Å². The van der Waals surface area contributed by atoms with E-state index < -0.39 is 6.10 Å². The number of nitriles is 1. The third kappa shape index (κ3) is 3.18. The van der Waals surface area contributed by atoms with Crippen LogP contribution in [0.1, 0.15) is 31.9 Å². The molecule has 1 aromatic carbocycles. The topological polar surface area (TPSA) is 56.6 Å². The minimum Gasteiger partial charge on any atom is -0.480 e. The lowest BCUT2D eigenvalue weighted by Gasteiger charge is -2.42. The Kier molecular flexibility index (Phi) is 4.03. The molecule has 0 radical (unpaired) electrons. The number of carbonyl (C=O) groups excluding carboxylic acids is 1. The summed E-state index contributed by atoms with van der Waals surface area (Å²) in [5.41, 5.74) is 1.71. The Morgan fingerprint density at radius 2 is 1.96 bits per heavy atom. The molecule has 2 aliphatic rings. The Labute approximate surface area is 137 Å². The predicted octanol–water partition coefficient (Wildman–Crippen LogP) is 1.80. The minimum atomic E-state index is -0.444. The summed E-state index contributed by atoms with van der Waals surface area (Å²) in [6, 6.07) is 7.47. The molecule has 2 aliphatic heterocycles. The summed E-state index contributed by atoms with van der Waals surface area (Å²) >= 11 is 0. The van der Waals surface area contributed by atoms with Crippen LogP contribution in [0.4, 0.5) is 0 Å². The molecule has 2 heterocycles. The van der Waals surface area contributed by atoms with Crippen molar-refractivity contribution >= 4 is 5.91 Å². The monoisotopic (exact) mass is 313 g/mol. The number of rotatable bonds is 1. The van der Waals surface area contributed by atoms with Gasteiger partial charge in [0.1, 0.15) is 5.75 Å². The molecule has 1 saturated heterocycles. The number of hydrogen-bond acceptors (Lipinski definition) is 4. The van der Waals surface area contributed by atoms with Gasteiger partial charge in [-0.25, -0.2) is 0 Å². The highest BCUT2D eigenvalue weighted by molar-refractivity contribution is 5.82. The maximum atomic E-state index is 12.7. The van der Waals surface area contributed by atoms with Gasteiger partial charge in [0.05, 0.1) is 11.6 Å². The highest BCUT2D eigenvalue weighted by Crippen LogP contribution is 2.30. The highest BCUT2D eigenvalue weighted by atomic mass is 16.5. The van der Waals surface area contributed by atoms with Crippen LogP contribution in [0.2, 0.25) is 0 Å². The van der Waals surface area contributed by atoms with Crippen LogP contribution in [0, 0.1) is 11.3 Å². The van der Waals surface area contributed by atoms with Gasteiger partial charge in [-0.15, -0.1) is 0 Å². The average Bonchev–Trinajstić information content (AvgIpc) is 2.96. The Hall–Kier alpha value is -2.06. The molecule has 0 aromatic heterocycles. The number of benzene rings is 1. The zero-order valence-corrected chi connectivity index (χ0v) is 14.0. The molecule has 1 amide bonds. The lowest BCUT2D eigenvalue weighted by Crippen LogP contribution is -2.56. The van der Waals surface area contributed by atoms with Gasteiger partial charge in [0.15, 0.2) is 6.10 Å². The quantitative estimate of drug-likeness (QED) is 0.793. The number of amides is 1. The largest absolute Gasteiger partial charge is 0.480 e. The standard InChI is InChI=1S/C18H23N3O2/c1-18(2,3)21-8-6-20(7-9-21)17(22)16-11-14-10-13(12-19)4-5-15(14)23-16/h4-5,10,16H,6-9,11H2,1-3H3. The SMILES string of the molecule is CC(C)(C)N1CCN(C(=O)C2Cc3cc(C#N)ccc3O2)CC1. The lowest BCUT2D eigenvalue weighted by molar-refractivity contribution is -0.140. The van der Waals surface area contributed by atoms with Crippen LogP contribution in [0.15, 0.2) is 18.2 Å². The van der Waals surface area contributed by atoms with Crippen molar-refractivity contribution in [2.24, 2.45) is 0 Å². The van der Waals surface area contributed by atoms with Crippen LogP contribution in [-0.2, 0) is 11.2 Å². The predicted molar refractivity (Wildman–Crippen MR) is 87.2 cm³/mol. The van der Waals surface area contributed by atoms with Gasteiger partial charge in [-0.2, -0.15) is 5.26 Å². The zero-order chi connectivity index (χ0) is 16.6. The van der Waals surface area contributed by atoms with Crippen LogP contribution in [0.25, 0.3) is 0 Å². The van der Waals surface area contributed by atoms with Crippen molar-refractivity contribution in [3.63, 3.8) is 0 Å². The molecule has 0 N–H and O–H groups in total. The summed E-state index contributed by atoms with van der Waals surface area (Å²) in [5, 5.41) is 8.97. The van der Waals surface area contributed by atoms with E-state index in [9.17, 15) is 4.79 Å². The number of ether oxygens (including phenoxy) is 1. The van der Waals surface area contributed by atoms with Gasteiger partial charge >= 0.3 is 0 Å². The second-order valence-corrected chi connectivity index (χ2v) is 7.23. The van der Waals surface area contributed by atoms with Gasteiger partial charge in [-0.3, -0.25) is 9.69 Å². The zero-order valence-electron chi connectivity index (χ0n) is 14.0. The molecular formula is C18H23N3O2. The first kappa shape index (κ1) is 15.8. The van der Waals surface area contributed by atoms with Crippen LogP contribution >= 0.6 is 0 Å². The first-order chi connectivity index (χ1) is 10.9. The summed E-state index contributed by atoms with van der Waals surface area (Å²) in [5.74, 6) is 0.795. The second kappa shape index (κ2) is 5.86. The smallest absolute Gasteiger partial charge is 0.264 e. The first-order valence-corrected chi connectivity index (χ1v) is 8.12. The molecule has 0 bridgehead atoms. The fourth-order valence-corrected chi connectivity index (χ4v) is 3.26. The molecule has 0 saturated carbocycles. The van der Waals surface area contributed by atoms with Crippen LogP contribution in [0.3, 0.4) is 0 Å². The fraction of sp³-hybridized carbons (Fsp3) is 0.556. The summed E-state index contributed by atoms with van der Waals surface area (Å²) in [6.07, 6.45) is 0.114. The first-order valence-electron chi connectivity index (χ1n) is 8.12. The van der Waals surface area contributed by atoms with Gasteiger partial charge in [-0.1, -0.05) is 0 Å². The number of nitrogens with zero attached hydrogens (tertiary/aromatic N) is 3. The van der Waals surface area contributed by atoms with Crippen molar-refractivity contribution in [3.8, 4) is 11.8 Å². The maximum absolute atomic E-state index is 12.7. The Morgan fingerprint density at radius 3 is 2.57 bits per heavy atom. The summed E-state index contributed by atoms with van der Waals surface area (Å²) in [7, 11) is 0. The lowest BCUT2D eigenvalue weighted by atomic mass is 10.0. The van der Waals surface area contributed by atoms with E-state index >= 15 is 0 Å². The Bertz CT molecular complexity index is 649. The number of carbonyl (C=O) groups is 1. The maximum Gasteiger partial charge on any atom is 0.264 e. The van der Waals surface area contributed by atoms with Gasteiger partial charge in [0, 0.05) is 38.1 Å². The molecule has 1 aromatic rings. The Balaban J connectivity index is 1.62. The van der Waals surface area contributed by atoms with Crippen molar-refractivity contribution in [2.45, 2.75) is 38.8 Å². The Morgan fingerprint density at radius 1 is 1.26 bits per heavy atom. The molecule has 1 atom stereocenters. The molecule has 0 aliphatic carbocycles. The van der Waals surface area contributed by atoms with Crippen LogP contribution in [-0.4, -0.2) is 53.5 Å². The van der Waals surface area contributed by atoms with Crippen molar-refractivity contribution in [3.05, 3.63) is 29.3 Å². The number of piperazine rings is 1. The van der Waals surface area contributed by atoms with Crippen molar-refractivity contribution in [1.82, 2.24) is 9.80 Å². The number of hydrogen-bond donors (Lipinski definition) is 0. The number of fused-ring (bicyclic) bond motifs is 1. The molecule has 3 rings (SSSR count). The highest BCUT2D eigenvalue weighted by Gasteiger charge is 2.35. The van der Waals surface area contributed by atoms with E-state index in [1.807, 2.05) is 11.0 Å². The molecule has 0 spiro atoms. The minimum absolute atomic E-state index is 0.0632. The molecule has 23 heavy (non-hydrogen) atoms. The van der Waals surface area contributed by atoms with E-state index in [0.29, 0.717) is 12.0 Å². The third-order valence-corrected chi connectivity index (χ3v) is 4.68. The molecule has 122 valence electrons. The summed E-state index contributed by atoms with van der Waals surface area (Å²) < 4.78 is 5.80. The van der Waals surface area contributed by atoms with Crippen LogP contribution in [0.5, 0.6) is 5.75 Å². The van der Waals surface area contributed by atoms with E-state index in [-0.39, 0.29) is 11.4 Å². The molecule has 5 heteroatoms. The molecule has 1 unspecified atom stereocenters. The van der Waals surface area contributed by atoms with Crippen LogP contribution < -0.4 is 4.74 Å². The fourth-order valence-electron chi connectivity index (χ4n) is 3.26. The summed E-state index contributed by atoms with van der Waals surface area (Å²) in [6.45, 7) is 9.89. The van der Waals surface area contributed by atoms with E-state index in [1.54, 1.807) is 12.1 Å². The van der Waals surface area contributed by atoms with Gasteiger partial charge < -0.3 is 9.64 Å².